The van der Waals surface area contributed by atoms with Crippen molar-refractivity contribution in [3.8, 4) is 0 Å². The fourth-order valence-corrected chi connectivity index (χ4v) is 1.31. The Kier molecular flexibility index (Phi) is 3.16. The van der Waals surface area contributed by atoms with E-state index in [4.69, 9.17) is 4.74 Å². The van der Waals surface area contributed by atoms with Gasteiger partial charge in [0, 0.05) is 19.3 Å². The molecule has 0 amide bonds. The van der Waals surface area contributed by atoms with Crippen LogP contribution in [0.2, 0.25) is 0 Å². The lowest BCUT2D eigenvalue weighted by molar-refractivity contribution is 0.0464. The van der Waals surface area contributed by atoms with Gasteiger partial charge in [0.05, 0.1) is 0 Å². The highest BCUT2D eigenvalue weighted by atomic mass is 16.5. The monoisotopic (exact) mass is 142 g/mol. The molecule has 1 rings (SSSR count). The third-order valence-electron chi connectivity index (χ3n) is 2.17. The number of nitrogens with zero attached hydrogens (tertiary/aromatic N) is 1. The van der Waals surface area contributed by atoms with Crippen LogP contribution in [0.15, 0.2) is 0 Å². The second-order valence-electron chi connectivity index (χ2n) is 2.82. The standard InChI is InChI=1S/C8H16NO/c1-3-9(2)8-4-6-10-7-5-8/h8H,1,3-7H2,2H3. The molecule has 0 spiro atoms. The lowest BCUT2D eigenvalue weighted by Crippen LogP contribution is -2.36. The van der Waals surface area contributed by atoms with E-state index in [2.05, 4.69) is 18.9 Å². The van der Waals surface area contributed by atoms with Crippen LogP contribution >= 0.6 is 0 Å². The molecule has 1 heterocycles. The number of hydrogen-bond acceptors (Lipinski definition) is 2. The van der Waals surface area contributed by atoms with Crippen LogP contribution in [0.4, 0.5) is 0 Å². The van der Waals surface area contributed by atoms with Gasteiger partial charge in [-0.15, -0.1) is 0 Å². The predicted octanol–water partition coefficient (Wildman–Crippen LogP) is 0.931. The van der Waals surface area contributed by atoms with Crippen molar-refractivity contribution < 1.29 is 4.74 Å². The zero-order chi connectivity index (χ0) is 7.40. The van der Waals surface area contributed by atoms with Crippen LogP contribution in [-0.4, -0.2) is 37.7 Å². The summed E-state index contributed by atoms with van der Waals surface area (Å²) in [6.07, 6.45) is 2.35. The molecule has 0 saturated carbocycles. The molecule has 0 aliphatic carbocycles. The summed E-state index contributed by atoms with van der Waals surface area (Å²) in [7, 11) is 2.13. The lowest BCUT2D eigenvalue weighted by Gasteiger charge is -2.29. The van der Waals surface area contributed by atoms with Crippen molar-refractivity contribution in [2.45, 2.75) is 18.9 Å². The van der Waals surface area contributed by atoms with Gasteiger partial charge in [-0.25, -0.2) is 0 Å². The maximum Gasteiger partial charge on any atom is 0.0480 e. The van der Waals surface area contributed by atoms with Crippen molar-refractivity contribution in [1.29, 1.82) is 0 Å². The molecule has 1 aliphatic heterocycles. The van der Waals surface area contributed by atoms with Crippen LogP contribution in [-0.2, 0) is 4.74 Å². The van der Waals surface area contributed by atoms with E-state index in [0.717, 1.165) is 19.8 Å². The molecule has 1 radical (unpaired) electrons. The smallest absolute Gasteiger partial charge is 0.0480 e. The topological polar surface area (TPSA) is 12.5 Å². The van der Waals surface area contributed by atoms with Crippen LogP contribution in [0.5, 0.6) is 0 Å². The normalized spacial score (nSPS) is 21.9. The highest BCUT2D eigenvalue weighted by molar-refractivity contribution is 4.71. The predicted molar refractivity (Wildman–Crippen MR) is 41.8 cm³/mol. The van der Waals surface area contributed by atoms with Gasteiger partial charge < -0.3 is 9.64 Å². The molecule has 2 heteroatoms. The average Bonchev–Trinajstić information content (AvgIpc) is 2.05. The largest absolute Gasteiger partial charge is 0.381 e. The molecule has 0 aromatic heterocycles. The molecule has 10 heavy (non-hydrogen) atoms. The van der Waals surface area contributed by atoms with E-state index in [1.165, 1.54) is 12.8 Å². The second kappa shape index (κ2) is 3.94. The molecule has 0 aromatic rings. The summed E-state index contributed by atoms with van der Waals surface area (Å²) in [5, 5.41) is 0. The molecule has 2 nitrogen and oxygen atoms in total. The van der Waals surface area contributed by atoms with E-state index in [1.54, 1.807) is 0 Å². The van der Waals surface area contributed by atoms with E-state index in [0.29, 0.717) is 6.04 Å². The van der Waals surface area contributed by atoms with E-state index in [9.17, 15) is 0 Å². The Morgan fingerprint density at radius 1 is 1.50 bits per heavy atom. The van der Waals surface area contributed by atoms with Crippen molar-refractivity contribution in [3.05, 3.63) is 6.92 Å². The first-order valence-electron chi connectivity index (χ1n) is 3.92. The van der Waals surface area contributed by atoms with Crippen molar-refractivity contribution in [2.75, 3.05) is 26.8 Å². The summed E-state index contributed by atoms with van der Waals surface area (Å²) in [6, 6.07) is 0.714. The van der Waals surface area contributed by atoms with Crippen LogP contribution in [0.1, 0.15) is 12.8 Å². The second-order valence-corrected chi connectivity index (χ2v) is 2.82. The third-order valence-corrected chi connectivity index (χ3v) is 2.17. The van der Waals surface area contributed by atoms with Gasteiger partial charge in [-0.1, -0.05) is 0 Å². The van der Waals surface area contributed by atoms with Gasteiger partial charge in [-0.05, 0) is 33.4 Å². The molecular formula is C8H16NO. The van der Waals surface area contributed by atoms with E-state index in [1.807, 2.05) is 0 Å². The summed E-state index contributed by atoms with van der Waals surface area (Å²) in [5.41, 5.74) is 0. The Morgan fingerprint density at radius 2 is 2.10 bits per heavy atom. The molecule has 0 unspecified atom stereocenters. The molecule has 1 fully saturated rings. The Morgan fingerprint density at radius 3 is 2.60 bits per heavy atom. The molecule has 0 atom stereocenters. The van der Waals surface area contributed by atoms with Crippen LogP contribution in [0, 0.1) is 6.92 Å². The maximum atomic E-state index is 5.25. The molecule has 0 bridgehead atoms. The van der Waals surface area contributed by atoms with E-state index in [-0.39, 0.29) is 0 Å². The zero-order valence-electron chi connectivity index (χ0n) is 6.68. The first kappa shape index (κ1) is 8.02. The quantitative estimate of drug-likeness (QED) is 0.568. The van der Waals surface area contributed by atoms with E-state index >= 15 is 0 Å². The lowest BCUT2D eigenvalue weighted by atomic mass is 10.1. The van der Waals surface area contributed by atoms with Gasteiger partial charge in [0.2, 0.25) is 0 Å². The van der Waals surface area contributed by atoms with Crippen molar-refractivity contribution in [1.82, 2.24) is 4.90 Å². The minimum Gasteiger partial charge on any atom is -0.381 e. The Labute approximate surface area is 63.2 Å². The third kappa shape index (κ3) is 1.96. The SMILES string of the molecule is [CH2]CN(C)C1CCOCC1. The first-order chi connectivity index (χ1) is 4.84. The molecule has 0 N–H and O–H groups in total. The molecule has 59 valence electrons. The molecule has 1 saturated heterocycles. The van der Waals surface area contributed by atoms with Crippen LogP contribution in [0.3, 0.4) is 0 Å². The van der Waals surface area contributed by atoms with Gasteiger partial charge in [0.1, 0.15) is 0 Å². The summed E-state index contributed by atoms with van der Waals surface area (Å²) in [4.78, 5) is 2.29. The average molecular weight is 142 g/mol. The van der Waals surface area contributed by atoms with Gasteiger partial charge >= 0.3 is 0 Å². The zero-order valence-corrected chi connectivity index (χ0v) is 6.68. The van der Waals surface area contributed by atoms with Gasteiger partial charge in [0.15, 0.2) is 0 Å². The van der Waals surface area contributed by atoms with Crippen LogP contribution in [0.25, 0.3) is 0 Å². The summed E-state index contributed by atoms with van der Waals surface area (Å²) in [5.74, 6) is 0. The fraction of sp³-hybridized carbons (Fsp3) is 0.875. The van der Waals surface area contributed by atoms with Gasteiger partial charge in [-0.2, -0.15) is 0 Å². The summed E-state index contributed by atoms with van der Waals surface area (Å²) >= 11 is 0. The minimum atomic E-state index is 0.714. The van der Waals surface area contributed by atoms with Gasteiger partial charge in [-0.3, -0.25) is 0 Å². The molecule has 0 aromatic carbocycles. The highest BCUT2D eigenvalue weighted by Crippen LogP contribution is 2.11. The number of rotatable bonds is 2. The highest BCUT2D eigenvalue weighted by Gasteiger charge is 2.16. The maximum absolute atomic E-state index is 5.25. The summed E-state index contributed by atoms with van der Waals surface area (Å²) in [6.45, 7) is 6.60. The van der Waals surface area contributed by atoms with Crippen molar-refractivity contribution >= 4 is 0 Å². The first-order valence-corrected chi connectivity index (χ1v) is 3.92. The van der Waals surface area contributed by atoms with Crippen LogP contribution < -0.4 is 0 Å². The number of ether oxygens (including phenoxy) is 1. The van der Waals surface area contributed by atoms with Crippen molar-refractivity contribution in [3.63, 3.8) is 0 Å². The molecular weight excluding hydrogens is 126 g/mol. The van der Waals surface area contributed by atoms with E-state index < -0.39 is 0 Å². The minimum absolute atomic E-state index is 0.714. The Balaban J connectivity index is 2.24. The van der Waals surface area contributed by atoms with Crippen molar-refractivity contribution in [2.24, 2.45) is 0 Å². The summed E-state index contributed by atoms with van der Waals surface area (Å²) < 4.78 is 5.25. The Bertz CT molecular complexity index is 89.3. The number of hydrogen-bond donors (Lipinski definition) is 0. The Hall–Kier alpha value is -0.0800. The fourth-order valence-electron chi connectivity index (χ4n) is 1.31. The molecule has 1 aliphatic rings. The van der Waals surface area contributed by atoms with Gasteiger partial charge in [0.25, 0.3) is 0 Å².